The Morgan fingerprint density at radius 2 is 1.95 bits per heavy atom. The number of amides is 1. The fraction of sp³-hybridized carbons (Fsp3) is 0.786. The van der Waals surface area contributed by atoms with Gasteiger partial charge in [-0.3, -0.25) is 4.79 Å². The molecule has 20 heavy (non-hydrogen) atoms. The van der Waals surface area contributed by atoms with Gasteiger partial charge in [0.1, 0.15) is 0 Å². The second kappa shape index (κ2) is 5.76. The van der Waals surface area contributed by atoms with Crippen LogP contribution in [0, 0.1) is 0 Å². The van der Waals surface area contributed by atoms with Gasteiger partial charge < -0.3 is 10.0 Å². The second-order valence-corrected chi connectivity index (χ2v) is 5.70. The summed E-state index contributed by atoms with van der Waals surface area (Å²) in [6.07, 6.45) is 1.01. The van der Waals surface area contributed by atoms with Gasteiger partial charge in [0.15, 0.2) is 5.60 Å². The molecule has 1 N–H and O–H groups in total. The van der Waals surface area contributed by atoms with Crippen LogP contribution in [0.25, 0.3) is 0 Å². The summed E-state index contributed by atoms with van der Waals surface area (Å²) in [7, 11) is 0. The molecule has 0 spiro atoms. The van der Waals surface area contributed by atoms with E-state index in [9.17, 15) is 23.1 Å². The topological polar surface area (TPSA) is 40.5 Å². The predicted octanol–water partition coefficient (Wildman–Crippen LogP) is 2.79. The quantitative estimate of drug-likeness (QED) is 0.795. The molecule has 3 nitrogen and oxygen atoms in total. The highest BCUT2D eigenvalue weighted by Gasteiger charge is 2.54. The first kappa shape index (κ1) is 15.4. The average Bonchev–Trinajstić information content (AvgIpc) is 2.39. The van der Waals surface area contributed by atoms with E-state index >= 15 is 0 Å². The number of halogens is 3. The normalized spacial score (nSPS) is 23.4. The van der Waals surface area contributed by atoms with Crippen LogP contribution >= 0.6 is 0 Å². The molecule has 2 rings (SSSR count). The van der Waals surface area contributed by atoms with E-state index in [1.807, 2.05) is 0 Å². The highest BCUT2D eigenvalue weighted by atomic mass is 19.4. The number of aliphatic hydroxyl groups is 1. The van der Waals surface area contributed by atoms with E-state index in [1.54, 1.807) is 0 Å². The molecule has 0 radical (unpaired) electrons. The minimum Gasteiger partial charge on any atom is -0.380 e. The van der Waals surface area contributed by atoms with Crippen molar-refractivity contribution in [1.29, 1.82) is 0 Å². The molecule has 1 amide bonds. The molecule has 0 bridgehead atoms. The van der Waals surface area contributed by atoms with Crippen LogP contribution in [0.5, 0.6) is 0 Å². The molecule has 0 atom stereocenters. The highest BCUT2D eigenvalue weighted by molar-refractivity contribution is 5.78. The summed E-state index contributed by atoms with van der Waals surface area (Å²) in [4.78, 5) is 13.5. The number of likely N-dealkylation sites (tertiary alicyclic amines) is 1. The molecule has 0 aromatic carbocycles. The molecule has 1 saturated heterocycles. The molecule has 1 heterocycles. The number of hydrogen-bond acceptors (Lipinski definition) is 2. The maximum absolute atomic E-state index is 12.7. The van der Waals surface area contributed by atoms with E-state index in [2.05, 4.69) is 6.08 Å². The van der Waals surface area contributed by atoms with Crippen molar-refractivity contribution in [3.8, 4) is 0 Å². The summed E-state index contributed by atoms with van der Waals surface area (Å²) in [5.41, 5.74) is -1.54. The number of allylic oxidation sites excluding steroid dienone is 1. The first-order chi connectivity index (χ1) is 9.32. The first-order valence-electron chi connectivity index (χ1n) is 7.07. The van der Waals surface area contributed by atoms with Crippen LogP contribution in [-0.4, -0.2) is 40.8 Å². The van der Waals surface area contributed by atoms with Crippen molar-refractivity contribution < 1.29 is 23.1 Å². The van der Waals surface area contributed by atoms with Crippen LogP contribution in [0.3, 0.4) is 0 Å². The standard InChI is InChI=1S/C14H20F3NO2/c15-14(16,17)13(20)6-8-18(9-7-13)12(19)10-11-4-2-1-3-5-11/h4,20H,1-3,5-10H2. The molecule has 1 fully saturated rings. The van der Waals surface area contributed by atoms with Crippen molar-refractivity contribution in [3.05, 3.63) is 11.6 Å². The molecule has 6 heteroatoms. The second-order valence-electron chi connectivity index (χ2n) is 5.70. The Bertz CT molecular complexity index is 396. The van der Waals surface area contributed by atoms with Gasteiger partial charge >= 0.3 is 6.18 Å². The number of carbonyl (C=O) groups is 1. The molecule has 0 aromatic rings. The van der Waals surface area contributed by atoms with Gasteiger partial charge in [-0.05, 0) is 25.7 Å². The lowest BCUT2D eigenvalue weighted by Crippen LogP contribution is -2.54. The third kappa shape index (κ3) is 3.34. The zero-order valence-electron chi connectivity index (χ0n) is 11.4. The predicted molar refractivity (Wildman–Crippen MR) is 68.0 cm³/mol. The Morgan fingerprint density at radius 3 is 2.45 bits per heavy atom. The molecule has 0 saturated carbocycles. The number of carbonyl (C=O) groups excluding carboxylic acids is 1. The van der Waals surface area contributed by atoms with Crippen LogP contribution in [0.15, 0.2) is 11.6 Å². The summed E-state index contributed by atoms with van der Waals surface area (Å²) in [6.45, 7) is -0.0513. The molecular weight excluding hydrogens is 271 g/mol. The van der Waals surface area contributed by atoms with Crippen LogP contribution in [0.4, 0.5) is 13.2 Å². The lowest BCUT2D eigenvalue weighted by atomic mass is 9.90. The molecule has 0 unspecified atom stereocenters. The number of piperidine rings is 1. The first-order valence-corrected chi connectivity index (χ1v) is 7.07. The third-order valence-corrected chi connectivity index (χ3v) is 4.23. The Kier molecular flexibility index (Phi) is 4.42. The van der Waals surface area contributed by atoms with Gasteiger partial charge in [0.25, 0.3) is 0 Å². The number of hydrogen-bond donors (Lipinski definition) is 1. The van der Waals surface area contributed by atoms with Crippen molar-refractivity contribution in [1.82, 2.24) is 4.90 Å². The number of alkyl halides is 3. The molecule has 2 aliphatic rings. The summed E-state index contributed by atoms with van der Waals surface area (Å²) in [6, 6.07) is 0. The lowest BCUT2D eigenvalue weighted by Gasteiger charge is -2.39. The number of rotatable bonds is 2. The summed E-state index contributed by atoms with van der Waals surface area (Å²) < 4.78 is 38.0. The van der Waals surface area contributed by atoms with Crippen LogP contribution in [0.1, 0.15) is 44.9 Å². The Labute approximate surface area is 116 Å². The molecule has 1 aliphatic heterocycles. The van der Waals surface area contributed by atoms with Crippen molar-refractivity contribution in [2.45, 2.75) is 56.7 Å². The monoisotopic (exact) mass is 291 g/mol. The van der Waals surface area contributed by atoms with Gasteiger partial charge in [0, 0.05) is 32.4 Å². The van der Waals surface area contributed by atoms with Gasteiger partial charge in [0.05, 0.1) is 0 Å². The van der Waals surface area contributed by atoms with Gasteiger partial charge in [-0.1, -0.05) is 11.6 Å². The maximum Gasteiger partial charge on any atom is 0.417 e. The minimum atomic E-state index is -4.62. The number of nitrogens with zero attached hydrogens (tertiary/aromatic N) is 1. The summed E-state index contributed by atoms with van der Waals surface area (Å²) in [5.74, 6) is -0.123. The van der Waals surface area contributed by atoms with Crippen molar-refractivity contribution in [2.75, 3.05) is 13.1 Å². The van der Waals surface area contributed by atoms with E-state index in [4.69, 9.17) is 0 Å². The Hall–Kier alpha value is -1.04. The average molecular weight is 291 g/mol. The van der Waals surface area contributed by atoms with Gasteiger partial charge in [-0.2, -0.15) is 13.2 Å². The summed E-state index contributed by atoms with van der Waals surface area (Å²) in [5, 5.41) is 9.55. The lowest BCUT2D eigenvalue weighted by molar-refractivity contribution is -0.272. The molecule has 0 aromatic heterocycles. The fourth-order valence-electron chi connectivity index (χ4n) is 2.78. The molecule has 1 aliphatic carbocycles. The van der Waals surface area contributed by atoms with Gasteiger partial charge in [-0.25, -0.2) is 0 Å². The highest BCUT2D eigenvalue weighted by Crippen LogP contribution is 2.38. The molecule has 114 valence electrons. The SMILES string of the molecule is O=C(CC1=CCCCC1)N1CCC(O)(C(F)(F)F)CC1. The van der Waals surface area contributed by atoms with E-state index in [-0.39, 0.29) is 19.0 Å². The van der Waals surface area contributed by atoms with Crippen molar-refractivity contribution in [2.24, 2.45) is 0 Å². The Morgan fingerprint density at radius 1 is 1.30 bits per heavy atom. The smallest absolute Gasteiger partial charge is 0.380 e. The van der Waals surface area contributed by atoms with Gasteiger partial charge in [-0.15, -0.1) is 0 Å². The van der Waals surface area contributed by atoms with Crippen LogP contribution in [-0.2, 0) is 4.79 Å². The zero-order chi connectivity index (χ0) is 14.8. The maximum atomic E-state index is 12.7. The van der Waals surface area contributed by atoms with E-state index in [1.165, 1.54) is 4.90 Å². The van der Waals surface area contributed by atoms with E-state index < -0.39 is 24.6 Å². The largest absolute Gasteiger partial charge is 0.417 e. The van der Waals surface area contributed by atoms with Crippen molar-refractivity contribution in [3.63, 3.8) is 0 Å². The van der Waals surface area contributed by atoms with Crippen LogP contribution < -0.4 is 0 Å². The van der Waals surface area contributed by atoms with Crippen molar-refractivity contribution >= 4 is 5.91 Å². The van der Waals surface area contributed by atoms with Gasteiger partial charge in [0.2, 0.25) is 5.91 Å². The van der Waals surface area contributed by atoms with E-state index in [0.29, 0.717) is 6.42 Å². The fourth-order valence-corrected chi connectivity index (χ4v) is 2.78. The Balaban J connectivity index is 1.87. The molecular formula is C14H20F3NO2. The summed E-state index contributed by atoms with van der Waals surface area (Å²) >= 11 is 0. The minimum absolute atomic E-state index is 0.0257. The third-order valence-electron chi connectivity index (χ3n) is 4.23. The zero-order valence-corrected chi connectivity index (χ0v) is 11.4. The van der Waals surface area contributed by atoms with Crippen LogP contribution in [0.2, 0.25) is 0 Å². The van der Waals surface area contributed by atoms with E-state index in [0.717, 1.165) is 31.3 Å².